The van der Waals surface area contributed by atoms with Crippen LogP contribution in [-0.4, -0.2) is 108 Å². The fourth-order valence-electron chi connectivity index (χ4n) is 2.18. The quantitative estimate of drug-likeness (QED) is 0.152. The molecule has 0 fully saturated rings. The third kappa shape index (κ3) is 8.11. The lowest BCUT2D eigenvalue weighted by molar-refractivity contribution is -0.419. The van der Waals surface area contributed by atoms with E-state index in [1.54, 1.807) is 0 Å². The molecule has 0 aromatic heterocycles. The molecule has 0 atom stereocenters. The van der Waals surface area contributed by atoms with Crippen LogP contribution in [-0.2, 0) is 23.7 Å². The van der Waals surface area contributed by atoms with Crippen molar-refractivity contribution in [2.45, 2.75) is 29.9 Å². The summed E-state index contributed by atoms with van der Waals surface area (Å²) in [5.74, 6) is -35.6. The molecule has 0 heterocycles. The van der Waals surface area contributed by atoms with Gasteiger partial charge in [0.25, 0.3) is 0 Å². The van der Waals surface area contributed by atoms with Crippen molar-refractivity contribution >= 4 is 5.91 Å². The van der Waals surface area contributed by atoms with Gasteiger partial charge in [-0.25, -0.2) is 4.39 Å². The number of ether oxygens (including phenoxy) is 4. The molecule has 0 unspecified atom stereocenters. The molecule has 0 aliphatic rings. The summed E-state index contributed by atoms with van der Waals surface area (Å²) in [6.07, 6.45) is -8.32. The molecule has 36 heavy (non-hydrogen) atoms. The number of rotatable bonds is 17. The molecule has 0 spiro atoms. The van der Waals surface area contributed by atoms with E-state index in [9.17, 15) is 57.5 Å². The Labute approximate surface area is 197 Å². The Kier molecular flexibility index (Phi) is 13.0. The van der Waals surface area contributed by atoms with Gasteiger partial charge in [-0.1, -0.05) is 0 Å². The van der Waals surface area contributed by atoms with Crippen LogP contribution in [0.3, 0.4) is 0 Å². The lowest BCUT2D eigenvalue weighted by Crippen LogP contribution is -2.66. The lowest BCUT2D eigenvalue weighted by atomic mass is 9.97. The minimum Gasteiger partial charge on any atom is -0.382 e. The normalized spacial score (nSPS) is 14.3. The minimum absolute atomic E-state index is 0.0279. The number of nitrogens with zero attached hydrogens (tertiary/aromatic N) is 1. The molecule has 0 N–H and O–H groups in total. The number of hydrogen-bond acceptors (Lipinski definition) is 5. The van der Waals surface area contributed by atoms with Gasteiger partial charge in [-0.2, -0.15) is 48.3 Å². The van der Waals surface area contributed by atoms with Crippen molar-refractivity contribution in [3.05, 3.63) is 11.9 Å². The number of carbonyl (C=O) groups is 1. The van der Waals surface area contributed by atoms with Gasteiger partial charge < -0.3 is 23.8 Å². The molecule has 6 nitrogen and oxygen atoms in total. The van der Waals surface area contributed by atoms with E-state index >= 15 is 0 Å². The van der Waals surface area contributed by atoms with Crippen molar-refractivity contribution in [2.75, 3.05) is 67.0 Å². The zero-order chi connectivity index (χ0) is 28.4. The third-order valence-corrected chi connectivity index (χ3v) is 4.28. The Morgan fingerprint density at radius 1 is 0.667 bits per heavy atom. The average molecular weight is 561 g/mol. The standard InChI is InChI=1S/C18H23F12NO5/c1-33-7-9-35-5-3-31(4-6-36-10-8-34-2)13(32)11-12(19)14(20,21)15(22,23)16(24,25)17(26,27)18(28,29)30/h11H,3-10H2,1-2H3/b12-11-. The Balaban J connectivity index is 5.82. The Bertz CT molecular complexity index is 701. The summed E-state index contributed by atoms with van der Waals surface area (Å²) in [4.78, 5) is 12.6. The second-order valence-electron chi connectivity index (χ2n) is 6.82. The Morgan fingerprint density at radius 2 is 1.08 bits per heavy atom. The SMILES string of the molecule is COCCOCCN(CCOCCOC)C(=O)/C=C(\F)C(F)(F)C(F)(F)C(F)(F)C(F)(F)C(F)(F)F. The number of alkyl halides is 11. The van der Waals surface area contributed by atoms with Crippen LogP contribution in [0.2, 0.25) is 0 Å². The van der Waals surface area contributed by atoms with E-state index in [-0.39, 0.29) is 39.6 Å². The number of amides is 1. The van der Waals surface area contributed by atoms with Crippen LogP contribution in [0.4, 0.5) is 52.7 Å². The van der Waals surface area contributed by atoms with Gasteiger partial charge in [0.05, 0.1) is 39.6 Å². The fraction of sp³-hybridized carbons (Fsp3) is 0.833. The number of allylic oxidation sites excluding steroid dienone is 1. The maximum Gasteiger partial charge on any atom is 0.460 e. The van der Waals surface area contributed by atoms with Crippen molar-refractivity contribution in [3.63, 3.8) is 0 Å². The van der Waals surface area contributed by atoms with E-state index in [1.807, 2.05) is 0 Å². The predicted octanol–water partition coefficient (Wildman–Crippen LogP) is 4.10. The number of carbonyl (C=O) groups excluding carboxylic acids is 1. The number of hydrogen-bond donors (Lipinski definition) is 0. The molecule has 0 rings (SSSR count). The Hall–Kier alpha value is -1.79. The van der Waals surface area contributed by atoms with E-state index in [4.69, 9.17) is 9.47 Å². The van der Waals surface area contributed by atoms with Crippen LogP contribution in [0.15, 0.2) is 11.9 Å². The molecule has 0 saturated carbocycles. The summed E-state index contributed by atoms with van der Waals surface area (Å²) in [6.45, 7) is -1.59. The van der Waals surface area contributed by atoms with Gasteiger partial charge in [0, 0.05) is 33.4 Å². The first-order chi connectivity index (χ1) is 16.3. The monoisotopic (exact) mass is 561 g/mol. The highest BCUT2D eigenvalue weighted by Crippen LogP contribution is 2.58. The molecule has 214 valence electrons. The molecule has 0 saturated heterocycles. The number of methoxy groups -OCH3 is 2. The van der Waals surface area contributed by atoms with Gasteiger partial charge in [-0.05, 0) is 0 Å². The molecule has 0 bridgehead atoms. The maximum absolute atomic E-state index is 13.9. The minimum atomic E-state index is -7.81. The number of halogens is 12. The van der Waals surface area contributed by atoms with Gasteiger partial charge in [-0.3, -0.25) is 4.79 Å². The smallest absolute Gasteiger partial charge is 0.382 e. The highest BCUT2D eigenvalue weighted by molar-refractivity contribution is 5.88. The molecule has 0 aliphatic heterocycles. The fourth-order valence-corrected chi connectivity index (χ4v) is 2.18. The van der Waals surface area contributed by atoms with Crippen LogP contribution < -0.4 is 0 Å². The highest BCUT2D eigenvalue weighted by atomic mass is 19.4. The topological polar surface area (TPSA) is 57.2 Å². The van der Waals surface area contributed by atoms with Crippen molar-refractivity contribution in [2.24, 2.45) is 0 Å². The van der Waals surface area contributed by atoms with Crippen LogP contribution in [0.1, 0.15) is 0 Å². The van der Waals surface area contributed by atoms with Gasteiger partial charge in [0.1, 0.15) is 0 Å². The summed E-state index contributed by atoms with van der Waals surface area (Å²) in [5, 5.41) is 0. The molecule has 0 aliphatic carbocycles. The lowest BCUT2D eigenvalue weighted by Gasteiger charge is -2.36. The van der Waals surface area contributed by atoms with E-state index in [0.29, 0.717) is 4.90 Å². The van der Waals surface area contributed by atoms with Crippen LogP contribution in [0.25, 0.3) is 0 Å². The third-order valence-electron chi connectivity index (χ3n) is 4.28. The van der Waals surface area contributed by atoms with Crippen molar-refractivity contribution in [3.8, 4) is 0 Å². The zero-order valence-electron chi connectivity index (χ0n) is 18.8. The Morgan fingerprint density at radius 3 is 1.44 bits per heavy atom. The van der Waals surface area contributed by atoms with Crippen molar-refractivity contribution in [1.29, 1.82) is 0 Å². The van der Waals surface area contributed by atoms with Crippen LogP contribution in [0, 0.1) is 0 Å². The zero-order valence-corrected chi connectivity index (χ0v) is 18.8. The van der Waals surface area contributed by atoms with E-state index in [2.05, 4.69) is 9.47 Å². The molecule has 0 aromatic rings. The van der Waals surface area contributed by atoms with Gasteiger partial charge >= 0.3 is 29.9 Å². The van der Waals surface area contributed by atoms with Gasteiger partial charge in [0.15, 0.2) is 5.83 Å². The summed E-state index contributed by atoms with van der Waals surface area (Å²) in [6, 6.07) is 0. The predicted molar refractivity (Wildman–Crippen MR) is 97.0 cm³/mol. The molecule has 0 aromatic carbocycles. The second kappa shape index (κ2) is 13.7. The summed E-state index contributed by atoms with van der Waals surface area (Å²) >= 11 is 0. The van der Waals surface area contributed by atoms with E-state index in [0.717, 1.165) is 0 Å². The molecule has 1 amide bonds. The second-order valence-corrected chi connectivity index (χ2v) is 6.82. The van der Waals surface area contributed by atoms with Crippen LogP contribution in [0.5, 0.6) is 0 Å². The first-order valence-corrected chi connectivity index (χ1v) is 9.70. The van der Waals surface area contributed by atoms with Crippen LogP contribution >= 0.6 is 0 Å². The molecule has 18 heteroatoms. The summed E-state index contributed by atoms with van der Waals surface area (Å²) in [5.41, 5.74) is 0. The van der Waals surface area contributed by atoms with Crippen molar-refractivity contribution < 1.29 is 76.4 Å². The van der Waals surface area contributed by atoms with E-state index in [1.165, 1.54) is 14.2 Å². The first-order valence-electron chi connectivity index (χ1n) is 9.70. The average Bonchev–Trinajstić information content (AvgIpc) is 2.75. The maximum atomic E-state index is 13.9. The largest absolute Gasteiger partial charge is 0.460 e. The molecule has 0 radical (unpaired) electrons. The summed E-state index contributed by atoms with van der Waals surface area (Å²) in [7, 11) is 2.63. The van der Waals surface area contributed by atoms with Gasteiger partial charge in [-0.15, -0.1) is 0 Å². The van der Waals surface area contributed by atoms with E-state index < -0.39 is 60.8 Å². The van der Waals surface area contributed by atoms with Gasteiger partial charge in [0.2, 0.25) is 5.91 Å². The summed E-state index contributed by atoms with van der Waals surface area (Å²) < 4.78 is 177. The molecular weight excluding hydrogens is 538 g/mol. The highest BCUT2D eigenvalue weighted by Gasteiger charge is 2.87. The van der Waals surface area contributed by atoms with Crippen molar-refractivity contribution in [1.82, 2.24) is 4.90 Å². The first kappa shape index (κ1) is 34.2. The molecular formula is C18H23F12NO5.